The smallest absolute Gasteiger partial charge is 0.246 e. The van der Waals surface area contributed by atoms with Crippen molar-refractivity contribution < 1.29 is 5.11 Å². The molecule has 2 rings (SSSR count). The zero-order valence-corrected chi connectivity index (χ0v) is 7.98. The predicted molar refractivity (Wildman–Crippen MR) is 52.8 cm³/mol. The summed E-state index contributed by atoms with van der Waals surface area (Å²) in [6, 6.07) is 0. The molecule has 1 fully saturated rings. The van der Waals surface area contributed by atoms with Crippen molar-refractivity contribution in [2.45, 2.75) is 12.8 Å². The van der Waals surface area contributed by atoms with Crippen molar-refractivity contribution in [2.75, 3.05) is 30.3 Å². The molecule has 0 bridgehead atoms. The molecule has 14 heavy (non-hydrogen) atoms. The van der Waals surface area contributed by atoms with Crippen molar-refractivity contribution in [3.05, 3.63) is 0 Å². The van der Waals surface area contributed by atoms with Gasteiger partial charge in [0, 0.05) is 19.7 Å². The number of piperidine rings is 1. The molecule has 2 heterocycles. The van der Waals surface area contributed by atoms with Gasteiger partial charge in [-0.1, -0.05) is 0 Å². The van der Waals surface area contributed by atoms with Crippen molar-refractivity contribution in [1.82, 2.24) is 15.2 Å². The summed E-state index contributed by atoms with van der Waals surface area (Å²) >= 11 is 0. The molecule has 1 aromatic rings. The van der Waals surface area contributed by atoms with E-state index in [-0.39, 0.29) is 6.61 Å². The van der Waals surface area contributed by atoms with Crippen LogP contribution in [0, 0.1) is 5.92 Å². The zero-order chi connectivity index (χ0) is 9.97. The maximum absolute atomic E-state index is 8.98. The van der Waals surface area contributed by atoms with Gasteiger partial charge in [0.15, 0.2) is 0 Å². The largest absolute Gasteiger partial charge is 0.396 e. The molecule has 6 nitrogen and oxygen atoms in total. The highest BCUT2D eigenvalue weighted by Crippen LogP contribution is 2.19. The topological polar surface area (TPSA) is 91.1 Å². The van der Waals surface area contributed by atoms with Gasteiger partial charge in [0.1, 0.15) is 0 Å². The van der Waals surface area contributed by atoms with Crippen LogP contribution < -0.4 is 10.6 Å². The van der Waals surface area contributed by atoms with Gasteiger partial charge in [-0.3, -0.25) is 0 Å². The lowest BCUT2D eigenvalue weighted by Crippen LogP contribution is -2.35. The van der Waals surface area contributed by atoms with Crippen LogP contribution in [0.3, 0.4) is 0 Å². The van der Waals surface area contributed by atoms with Crippen LogP contribution in [0.5, 0.6) is 0 Å². The Morgan fingerprint density at radius 1 is 1.50 bits per heavy atom. The Hall–Kier alpha value is -1.30. The van der Waals surface area contributed by atoms with Gasteiger partial charge in [0.2, 0.25) is 11.9 Å². The van der Waals surface area contributed by atoms with Crippen LogP contribution in [-0.2, 0) is 0 Å². The first-order valence-corrected chi connectivity index (χ1v) is 4.83. The molecule has 1 aromatic heterocycles. The number of aromatic amines is 1. The number of aromatic nitrogens is 3. The summed E-state index contributed by atoms with van der Waals surface area (Å²) in [5.41, 5.74) is 5.44. The summed E-state index contributed by atoms with van der Waals surface area (Å²) in [7, 11) is 0. The molecule has 0 radical (unpaired) electrons. The van der Waals surface area contributed by atoms with Gasteiger partial charge >= 0.3 is 0 Å². The van der Waals surface area contributed by atoms with Crippen LogP contribution in [0.4, 0.5) is 11.9 Å². The highest BCUT2D eigenvalue weighted by molar-refractivity contribution is 5.34. The van der Waals surface area contributed by atoms with E-state index in [1.165, 1.54) is 0 Å². The van der Waals surface area contributed by atoms with Crippen LogP contribution in [0.2, 0.25) is 0 Å². The molecule has 0 saturated carbocycles. The van der Waals surface area contributed by atoms with Crippen molar-refractivity contribution in [3.63, 3.8) is 0 Å². The molecule has 78 valence electrons. The molecule has 0 spiro atoms. The number of anilines is 2. The summed E-state index contributed by atoms with van der Waals surface area (Å²) in [6.07, 6.45) is 1.98. The Balaban J connectivity index is 1.95. The predicted octanol–water partition coefficient (Wildman–Crippen LogP) is -0.404. The molecule has 1 aliphatic rings. The maximum atomic E-state index is 8.98. The molecule has 4 N–H and O–H groups in total. The van der Waals surface area contributed by atoms with Crippen LogP contribution in [0.25, 0.3) is 0 Å². The second-order valence-electron chi connectivity index (χ2n) is 3.63. The van der Waals surface area contributed by atoms with Gasteiger partial charge in [0.05, 0.1) is 0 Å². The Labute approximate surface area is 82.1 Å². The quantitative estimate of drug-likeness (QED) is 0.600. The van der Waals surface area contributed by atoms with Gasteiger partial charge in [-0.25, -0.2) is 5.10 Å². The Kier molecular flexibility index (Phi) is 2.53. The van der Waals surface area contributed by atoms with Crippen LogP contribution in [0.15, 0.2) is 0 Å². The average molecular weight is 197 g/mol. The number of nitrogens with two attached hydrogens (primary N) is 1. The highest BCUT2D eigenvalue weighted by atomic mass is 16.3. The van der Waals surface area contributed by atoms with E-state index in [0.717, 1.165) is 25.9 Å². The molecule has 0 aromatic carbocycles. The minimum absolute atomic E-state index is 0.282. The molecule has 6 heteroatoms. The number of nitrogens with zero attached hydrogens (tertiary/aromatic N) is 3. The second kappa shape index (κ2) is 3.83. The monoisotopic (exact) mass is 197 g/mol. The van der Waals surface area contributed by atoms with E-state index in [2.05, 4.69) is 20.1 Å². The van der Waals surface area contributed by atoms with E-state index in [0.29, 0.717) is 17.8 Å². The normalized spacial score (nSPS) is 18.8. The summed E-state index contributed by atoms with van der Waals surface area (Å²) in [5.74, 6) is 1.45. The summed E-state index contributed by atoms with van der Waals surface area (Å²) in [5, 5.41) is 15.6. The fourth-order valence-electron chi connectivity index (χ4n) is 1.72. The summed E-state index contributed by atoms with van der Waals surface area (Å²) < 4.78 is 0. The molecule has 0 aliphatic carbocycles. The molecular weight excluding hydrogens is 182 g/mol. The standard InChI is InChI=1S/C8H15N5O/c9-7-10-8(12-11-7)13-3-1-6(5-14)2-4-13/h6,14H,1-5H2,(H3,9,10,11,12). The first-order valence-electron chi connectivity index (χ1n) is 4.83. The maximum Gasteiger partial charge on any atom is 0.246 e. The van der Waals surface area contributed by atoms with Crippen molar-refractivity contribution in [2.24, 2.45) is 5.92 Å². The summed E-state index contributed by atoms with van der Waals surface area (Å²) in [4.78, 5) is 6.14. The van der Waals surface area contributed by atoms with Crippen LogP contribution in [-0.4, -0.2) is 40.0 Å². The Morgan fingerprint density at radius 3 is 2.71 bits per heavy atom. The van der Waals surface area contributed by atoms with E-state index in [9.17, 15) is 0 Å². The molecule has 0 atom stereocenters. The van der Waals surface area contributed by atoms with Gasteiger partial charge in [-0.15, -0.1) is 5.10 Å². The number of hydrogen-bond acceptors (Lipinski definition) is 5. The number of H-pyrrole nitrogens is 1. The van der Waals surface area contributed by atoms with Gasteiger partial charge < -0.3 is 15.7 Å². The highest BCUT2D eigenvalue weighted by Gasteiger charge is 2.20. The van der Waals surface area contributed by atoms with E-state index in [4.69, 9.17) is 10.8 Å². The SMILES string of the molecule is Nc1nc(N2CCC(CO)CC2)n[nH]1. The van der Waals surface area contributed by atoms with Crippen LogP contribution >= 0.6 is 0 Å². The Morgan fingerprint density at radius 2 is 2.21 bits per heavy atom. The third kappa shape index (κ3) is 1.79. The van der Waals surface area contributed by atoms with E-state index >= 15 is 0 Å². The number of nitrogens with one attached hydrogen (secondary N) is 1. The van der Waals surface area contributed by atoms with E-state index in [1.807, 2.05) is 0 Å². The Bertz CT molecular complexity index is 292. The summed E-state index contributed by atoms with van der Waals surface area (Å²) in [6.45, 7) is 2.06. The fourth-order valence-corrected chi connectivity index (χ4v) is 1.72. The number of aliphatic hydroxyl groups is 1. The van der Waals surface area contributed by atoms with Crippen molar-refractivity contribution in [3.8, 4) is 0 Å². The van der Waals surface area contributed by atoms with Crippen LogP contribution in [0.1, 0.15) is 12.8 Å². The minimum Gasteiger partial charge on any atom is -0.396 e. The van der Waals surface area contributed by atoms with Gasteiger partial charge in [0.25, 0.3) is 0 Å². The number of hydrogen-bond donors (Lipinski definition) is 3. The van der Waals surface area contributed by atoms with Crippen molar-refractivity contribution in [1.29, 1.82) is 0 Å². The fraction of sp³-hybridized carbons (Fsp3) is 0.750. The second-order valence-corrected chi connectivity index (χ2v) is 3.63. The number of aliphatic hydroxyl groups excluding tert-OH is 1. The minimum atomic E-state index is 0.282. The van der Waals surface area contributed by atoms with Gasteiger partial charge in [-0.2, -0.15) is 4.98 Å². The van der Waals surface area contributed by atoms with E-state index < -0.39 is 0 Å². The van der Waals surface area contributed by atoms with Crippen molar-refractivity contribution >= 4 is 11.9 Å². The first-order chi connectivity index (χ1) is 6.79. The molecule has 1 aliphatic heterocycles. The number of nitrogen functional groups attached to an aromatic ring is 1. The lowest BCUT2D eigenvalue weighted by molar-refractivity contribution is 0.202. The van der Waals surface area contributed by atoms with E-state index in [1.54, 1.807) is 0 Å². The molecular formula is C8H15N5O. The zero-order valence-electron chi connectivity index (χ0n) is 7.98. The molecule has 0 unspecified atom stereocenters. The lowest BCUT2D eigenvalue weighted by atomic mass is 9.98. The third-order valence-electron chi connectivity index (χ3n) is 2.65. The van der Waals surface area contributed by atoms with Gasteiger partial charge in [-0.05, 0) is 18.8 Å². The molecule has 0 amide bonds. The third-order valence-corrected chi connectivity index (χ3v) is 2.65. The average Bonchev–Trinajstić information content (AvgIpc) is 2.65. The first kappa shape index (κ1) is 9.26. The lowest BCUT2D eigenvalue weighted by Gasteiger charge is -2.29. The molecule has 1 saturated heterocycles. The number of rotatable bonds is 2.